The third kappa shape index (κ3) is 4.79. The highest BCUT2D eigenvalue weighted by molar-refractivity contribution is 8.00. The number of nitrogens with one attached hydrogen (secondary N) is 1. The van der Waals surface area contributed by atoms with E-state index in [1.165, 1.54) is 35.2 Å². The number of halogens is 3. The minimum absolute atomic E-state index is 0.0737. The summed E-state index contributed by atoms with van der Waals surface area (Å²) in [4.78, 5) is 11.4. The number of anilines is 2. The number of alkyl halides is 3. The van der Waals surface area contributed by atoms with Gasteiger partial charge in [-0.2, -0.15) is 13.2 Å². The van der Waals surface area contributed by atoms with Crippen LogP contribution < -0.4 is 9.62 Å². The van der Waals surface area contributed by atoms with Crippen molar-refractivity contribution in [3.63, 3.8) is 0 Å². The predicted molar refractivity (Wildman–Crippen MR) is 123 cm³/mol. The number of hydrogen-bond acceptors (Lipinski definition) is 6. The summed E-state index contributed by atoms with van der Waals surface area (Å²) < 4.78 is 49.0. The first-order valence-corrected chi connectivity index (χ1v) is 11.7. The van der Waals surface area contributed by atoms with Crippen LogP contribution in [-0.2, 0) is 17.3 Å². The lowest BCUT2D eigenvalue weighted by Crippen LogP contribution is -2.37. The lowest BCUT2D eigenvalue weighted by molar-refractivity contribution is -0.137. The van der Waals surface area contributed by atoms with Crippen molar-refractivity contribution >= 4 is 23.6 Å². The molecular weight excluding hydrogens is 449 g/mol. The molecule has 172 valence electrons. The number of hydrogen-bond donors (Lipinski definition) is 1. The molecule has 1 atom stereocenters. The molecule has 5 nitrogen and oxygen atoms in total. The highest BCUT2D eigenvalue weighted by Crippen LogP contribution is 2.44. The third-order valence-electron chi connectivity index (χ3n) is 6.10. The average Bonchev–Trinajstić information content (AvgIpc) is 3.26. The van der Waals surface area contributed by atoms with Gasteiger partial charge in [0.2, 0.25) is 5.95 Å². The van der Waals surface area contributed by atoms with E-state index in [4.69, 9.17) is 4.74 Å². The molecule has 2 aliphatic rings. The van der Waals surface area contributed by atoms with Crippen LogP contribution in [-0.4, -0.2) is 36.3 Å². The van der Waals surface area contributed by atoms with Crippen LogP contribution in [0.1, 0.15) is 34.6 Å². The van der Waals surface area contributed by atoms with E-state index in [9.17, 15) is 13.2 Å². The van der Waals surface area contributed by atoms with Gasteiger partial charge in [-0.05, 0) is 71.8 Å². The normalized spacial score (nSPS) is 18.3. The van der Waals surface area contributed by atoms with Crippen LogP contribution in [0.3, 0.4) is 0 Å². The van der Waals surface area contributed by atoms with Crippen molar-refractivity contribution in [2.75, 3.05) is 35.9 Å². The summed E-state index contributed by atoms with van der Waals surface area (Å²) in [5.74, 6) is 0.616. The quantitative estimate of drug-likeness (QED) is 0.493. The molecule has 33 heavy (non-hydrogen) atoms. The summed E-state index contributed by atoms with van der Waals surface area (Å²) in [5, 5.41) is 0. The number of rotatable bonds is 5. The van der Waals surface area contributed by atoms with E-state index >= 15 is 0 Å². The van der Waals surface area contributed by atoms with Gasteiger partial charge in [0.15, 0.2) is 0 Å². The van der Waals surface area contributed by atoms with Gasteiger partial charge in [-0.3, -0.25) is 4.72 Å². The molecule has 0 saturated carbocycles. The topological polar surface area (TPSA) is 50.3 Å². The molecule has 0 bridgehead atoms. The largest absolute Gasteiger partial charge is 0.416 e. The molecule has 0 radical (unpaired) electrons. The Morgan fingerprint density at radius 1 is 1.00 bits per heavy atom. The molecule has 1 aromatic heterocycles. The van der Waals surface area contributed by atoms with Crippen LogP contribution in [0.4, 0.5) is 24.8 Å². The Labute approximate surface area is 194 Å². The second-order valence-electron chi connectivity index (χ2n) is 8.10. The molecule has 2 aromatic carbocycles. The van der Waals surface area contributed by atoms with Gasteiger partial charge in [-0.1, -0.05) is 12.1 Å². The van der Waals surface area contributed by atoms with E-state index in [-0.39, 0.29) is 5.92 Å². The van der Waals surface area contributed by atoms with E-state index in [0.29, 0.717) is 37.9 Å². The second-order valence-corrected chi connectivity index (χ2v) is 8.98. The number of aryl methyl sites for hydroxylation is 1. The van der Waals surface area contributed by atoms with Gasteiger partial charge < -0.3 is 9.64 Å². The molecule has 1 fully saturated rings. The molecule has 5 rings (SSSR count). The van der Waals surface area contributed by atoms with Crippen LogP contribution in [0.2, 0.25) is 0 Å². The average molecular weight is 473 g/mol. The van der Waals surface area contributed by atoms with E-state index in [1.54, 1.807) is 24.5 Å². The van der Waals surface area contributed by atoms with Crippen molar-refractivity contribution in [2.24, 2.45) is 0 Å². The Morgan fingerprint density at radius 3 is 2.52 bits per heavy atom. The van der Waals surface area contributed by atoms with Crippen molar-refractivity contribution in [2.45, 2.75) is 29.8 Å². The number of aromatic nitrogens is 2. The maximum Gasteiger partial charge on any atom is 0.416 e. The van der Waals surface area contributed by atoms with Crippen LogP contribution in [0.5, 0.6) is 0 Å². The standard InChI is InChI=1S/C24H23F3N4OS/c25-24(26,27)17-3-6-21(22(15-17)31-10-12-32-13-11-31)20-5-2-16-14-18(4-7-19(16)20)33-30-23-28-8-1-9-29-23/h1,3-4,6-9,14-15,20H,2,5,10-13H2,(H,28,29,30). The summed E-state index contributed by atoms with van der Waals surface area (Å²) in [5.41, 5.74) is 3.44. The zero-order chi connectivity index (χ0) is 22.8. The van der Waals surface area contributed by atoms with Crippen molar-refractivity contribution in [1.29, 1.82) is 0 Å². The molecule has 1 unspecified atom stereocenters. The van der Waals surface area contributed by atoms with Gasteiger partial charge >= 0.3 is 6.18 Å². The molecular formula is C24H23F3N4OS. The Hall–Kier alpha value is -2.78. The SMILES string of the molecule is FC(F)(F)c1ccc(C2CCc3cc(SNc4ncccn4)ccc32)c(N2CCOCC2)c1. The van der Waals surface area contributed by atoms with Crippen molar-refractivity contribution < 1.29 is 17.9 Å². The Kier molecular flexibility index (Phi) is 6.16. The molecule has 1 aliphatic heterocycles. The van der Waals surface area contributed by atoms with E-state index in [0.717, 1.165) is 23.3 Å². The summed E-state index contributed by atoms with van der Waals surface area (Å²) >= 11 is 1.45. The third-order valence-corrected chi connectivity index (χ3v) is 6.88. The smallest absolute Gasteiger partial charge is 0.378 e. The highest BCUT2D eigenvalue weighted by atomic mass is 32.2. The first-order chi connectivity index (χ1) is 16.0. The Bertz CT molecular complexity index is 1120. The fourth-order valence-corrected chi connectivity index (χ4v) is 5.18. The summed E-state index contributed by atoms with van der Waals surface area (Å²) in [7, 11) is 0. The number of benzene rings is 2. The number of morpholine rings is 1. The molecule has 9 heteroatoms. The molecule has 2 heterocycles. The van der Waals surface area contributed by atoms with Crippen LogP contribution >= 0.6 is 11.9 Å². The maximum absolute atomic E-state index is 13.5. The van der Waals surface area contributed by atoms with Crippen LogP contribution in [0, 0.1) is 0 Å². The van der Waals surface area contributed by atoms with Crippen molar-refractivity contribution in [3.05, 3.63) is 77.1 Å². The summed E-state index contributed by atoms with van der Waals surface area (Å²) in [6.07, 6.45) is 0.758. The van der Waals surface area contributed by atoms with E-state index in [2.05, 4.69) is 26.8 Å². The highest BCUT2D eigenvalue weighted by Gasteiger charge is 2.34. The van der Waals surface area contributed by atoms with Crippen LogP contribution in [0.25, 0.3) is 0 Å². The fourth-order valence-electron chi connectivity index (χ4n) is 4.53. The maximum atomic E-state index is 13.5. The van der Waals surface area contributed by atoms with Crippen molar-refractivity contribution in [3.8, 4) is 0 Å². The number of ether oxygens (including phenoxy) is 1. The molecule has 1 saturated heterocycles. The number of nitrogens with zero attached hydrogens (tertiary/aromatic N) is 3. The zero-order valence-electron chi connectivity index (χ0n) is 17.8. The van der Waals surface area contributed by atoms with Crippen molar-refractivity contribution in [1.82, 2.24) is 9.97 Å². The molecule has 1 aliphatic carbocycles. The first kappa shape index (κ1) is 22.0. The first-order valence-electron chi connectivity index (χ1n) is 10.9. The van der Waals surface area contributed by atoms with E-state index in [1.807, 2.05) is 11.0 Å². The predicted octanol–water partition coefficient (Wildman–Crippen LogP) is 5.53. The van der Waals surface area contributed by atoms with Gasteiger partial charge in [-0.15, -0.1) is 0 Å². The molecule has 0 spiro atoms. The Balaban J connectivity index is 1.42. The van der Waals surface area contributed by atoms with Gasteiger partial charge in [0.25, 0.3) is 0 Å². The number of fused-ring (bicyclic) bond motifs is 1. The van der Waals surface area contributed by atoms with Gasteiger partial charge in [-0.25, -0.2) is 9.97 Å². The minimum atomic E-state index is -4.37. The lowest BCUT2D eigenvalue weighted by Gasteiger charge is -2.32. The van der Waals surface area contributed by atoms with Gasteiger partial charge in [0, 0.05) is 42.0 Å². The zero-order valence-corrected chi connectivity index (χ0v) is 18.6. The summed E-state index contributed by atoms with van der Waals surface area (Å²) in [6.45, 7) is 2.23. The molecule has 3 aromatic rings. The van der Waals surface area contributed by atoms with Crippen LogP contribution in [0.15, 0.2) is 59.8 Å². The monoisotopic (exact) mass is 472 g/mol. The lowest BCUT2D eigenvalue weighted by atomic mass is 9.90. The van der Waals surface area contributed by atoms with Gasteiger partial charge in [0.05, 0.1) is 18.8 Å². The molecule has 0 amide bonds. The fraction of sp³-hybridized carbons (Fsp3) is 0.333. The summed E-state index contributed by atoms with van der Waals surface area (Å²) in [6, 6.07) is 12.2. The Morgan fingerprint density at radius 2 is 1.76 bits per heavy atom. The van der Waals surface area contributed by atoms with E-state index < -0.39 is 11.7 Å². The minimum Gasteiger partial charge on any atom is -0.378 e. The second kappa shape index (κ2) is 9.23. The van der Waals surface area contributed by atoms with Gasteiger partial charge in [0.1, 0.15) is 0 Å². The molecule has 1 N–H and O–H groups in total.